The van der Waals surface area contributed by atoms with Crippen molar-refractivity contribution in [1.29, 1.82) is 0 Å². The molecule has 1 unspecified atom stereocenters. The molecule has 0 bridgehead atoms. The van der Waals surface area contributed by atoms with Crippen molar-refractivity contribution >= 4 is 10.8 Å². The molecule has 0 amide bonds. The van der Waals surface area contributed by atoms with E-state index in [-0.39, 0.29) is 0 Å². The van der Waals surface area contributed by atoms with Gasteiger partial charge in [-0.25, -0.2) is 0 Å². The van der Waals surface area contributed by atoms with E-state index >= 15 is 0 Å². The zero-order chi connectivity index (χ0) is 14.1. The van der Waals surface area contributed by atoms with Crippen molar-refractivity contribution < 1.29 is 5.11 Å². The van der Waals surface area contributed by atoms with Gasteiger partial charge in [-0.15, -0.1) is 0 Å². The number of pyridine rings is 2. The van der Waals surface area contributed by atoms with Crippen molar-refractivity contribution in [3.8, 4) is 0 Å². The molecule has 0 saturated heterocycles. The van der Waals surface area contributed by atoms with Crippen molar-refractivity contribution in [1.82, 2.24) is 9.97 Å². The Morgan fingerprint density at radius 1 is 1.00 bits per heavy atom. The van der Waals surface area contributed by atoms with Gasteiger partial charge in [0.25, 0.3) is 0 Å². The van der Waals surface area contributed by atoms with Gasteiger partial charge in [0.15, 0.2) is 0 Å². The highest BCUT2D eigenvalue weighted by molar-refractivity contribution is 5.85. The third-order valence-corrected chi connectivity index (χ3v) is 3.41. The Kier molecular flexibility index (Phi) is 3.20. The van der Waals surface area contributed by atoms with Gasteiger partial charge in [0.2, 0.25) is 0 Å². The summed E-state index contributed by atoms with van der Waals surface area (Å²) in [7, 11) is 0. The molecule has 0 fully saturated rings. The zero-order valence-electron chi connectivity index (χ0n) is 11.5. The lowest BCUT2D eigenvalue weighted by molar-refractivity contribution is 0.221. The fraction of sp³-hybridized carbons (Fsp3) is 0.176. The van der Waals surface area contributed by atoms with Gasteiger partial charge in [-0.05, 0) is 36.9 Å². The zero-order valence-corrected chi connectivity index (χ0v) is 11.5. The molecule has 0 aliphatic heterocycles. The Morgan fingerprint density at radius 2 is 1.70 bits per heavy atom. The van der Waals surface area contributed by atoms with Crippen LogP contribution in [0.15, 0.2) is 48.8 Å². The molecule has 3 heteroatoms. The van der Waals surface area contributed by atoms with Crippen LogP contribution in [0.5, 0.6) is 0 Å². The molecular weight excluding hydrogens is 248 g/mol. The maximum absolute atomic E-state index is 10.7. The summed E-state index contributed by atoms with van der Waals surface area (Å²) in [6.07, 6.45) is 2.86. The van der Waals surface area contributed by atoms with E-state index in [0.717, 1.165) is 33.3 Å². The molecule has 3 rings (SSSR count). The molecule has 2 aromatic heterocycles. The Balaban J connectivity index is 2.15. The Labute approximate surface area is 117 Å². The van der Waals surface area contributed by atoms with Gasteiger partial charge in [-0.2, -0.15) is 0 Å². The number of aliphatic hydroxyl groups is 1. The molecular formula is C17H16N2O. The molecule has 0 saturated carbocycles. The van der Waals surface area contributed by atoms with Crippen molar-refractivity contribution in [2.24, 2.45) is 0 Å². The average Bonchev–Trinajstić information content (AvgIpc) is 2.45. The Bertz CT molecular complexity index is 742. The van der Waals surface area contributed by atoms with Crippen LogP contribution in [0.4, 0.5) is 0 Å². The van der Waals surface area contributed by atoms with Crippen LogP contribution < -0.4 is 0 Å². The fourth-order valence-electron chi connectivity index (χ4n) is 2.56. The van der Waals surface area contributed by atoms with Crippen LogP contribution in [0.2, 0.25) is 0 Å². The van der Waals surface area contributed by atoms with E-state index in [1.807, 2.05) is 56.4 Å². The summed E-state index contributed by atoms with van der Waals surface area (Å²) in [6, 6.07) is 11.8. The number of benzene rings is 1. The monoisotopic (exact) mass is 264 g/mol. The van der Waals surface area contributed by atoms with E-state index in [2.05, 4.69) is 9.97 Å². The average molecular weight is 264 g/mol. The molecule has 20 heavy (non-hydrogen) atoms. The van der Waals surface area contributed by atoms with Crippen LogP contribution in [0.1, 0.15) is 28.6 Å². The van der Waals surface area contributed by atoms with Crippen molar-refractivity contribution in [2.75, 3.05) is 0 Å². The molecule has 1 N–H and O–H groups in total. The number of nitrogens with zero attached hydrogens (tertiary/aromatic N) is 2. The normalized spacial score (nSPS) is 12.6. The first-order valence-corrected chi connectivity index (χ1v) is 6.61. The van der Waals surface area contributed by atoms with Crippen LogP contribution in [0, 0.1) is 13.8 Å². The molecule has 0 spiro atoms. The van der Waals surface area contributed by atoms with Crippen molar-refractivity contribution in [3.63, 3.8) is 0 Å². The predicted molar refractivity (Wildman–Crippen MR) is 79.5 cm³/mol. The molecule has 1 atom stereocenters. The first-order chi connectivity index (χ1) is 9.65. The van der Waals surface area contributed by atoms with Gasteiger partial charge < -0.3 is 5.11 Å². The lowest BCUT2D eigenvalue weighted by atomic mass is 9.98. The summed E-state index contributed by atoms with van der Waals surface area (Å²) < 4.78 is 0. The molecule has 0 radical (unpaired) electrons. The largest absolute Gasteiger partial charge is 0.384 e. The Hall–Kier alpha value is -2.26. The third-order valence-electron chi connectivity index (χ3n) is 3.41. The van der Waals surface area contributed by atoms with Gasteiger partial charge in [0.05, 0.1) is 0 Å². The van der Waals surface area contributed by atoms with Gasteiger partial charge in [-0.1, -0.05) is 24.3 Å². The molecule has 3 nitrogen and oxygen atoms in total. The molecule has 0 aliphatic rings. The van der Waals surface area contributed by atoms with Crippen LogP contribution in [0.25, 0.3) is 10.8 Å². The van der Waals surface area contributed by atoms with E-state index in [4.69, 9.17) is 0 Å². The molecule has 100 valence electrons. The highest BCUT2D eigenvalue weighted by atomic mass is 16.3. The van der Waals surface area contributed by atoms with E-state index in [1.165, 1.54) is 0 Å². The van der Waals surface area contributed by atoms with Crippen molar-refractivity contribution in [3.05, 3.63) is 71.3 Å². The minimum atomic E-state index is -0.686. The number of hydrogen-bond donors (Lipinski definition) is 1. The molecule has 3 aromatic rings. The number of hydrogen-bond acceptors (Lipinski definition) is 3. The number of aryl methyl sites for hydroxylation is 2. The standard InChI is InChI=1S/C17H16N2O/c1-11-7-14(8-12(2)19-11)17(20)16-10-18-9-13-5-3-4-6-15(13)16/h3-10,17,20H,1-2H3. The highest BCUT2D eigenvalue weighted by Gasteiger charge is 2.14. The number of aliphatic hydroxyl groups excluding tert-OH is 1. The van der Waals surface area contributed by atoms with Crippen LogP contribution in [-0.4, -0.2) is 15.1 Å². The summed E-state index contributed by atoms with van der Waals surface area (Å²) in [5.41, 5.74) is 3.50. The number of rotatable bonds is 2. The van der Waals surface area contributed by atoms with Gasteiger partial charge in [0, 0.05) is 34.7 Å². The lowest BCUT2D eigenvalue weighted by Crippen LogP contribution is -2.03. The second kappa shape index (κ2) is 5.02. The molecule has 0 aliphatic carbocycles. The SMILES string of the molecule is Cc1cc(C(O)c2cncc3ccccc23)cc(C)n1. The van der Waals surface area contributed by atoms with Crippen LogP contribution in [-0.2, 0) is 0 Å². The predicted octanol–water partition coefficient (Wildman–Crippen LogP) is 3.33. The maximum atomic E-state index is 10.7. The van der Waals surface area contributed by atoms with Gasteiger partial charge in [-0.3, -0.25) is 9.97 Å². The van der Waals surface area contributed by atoms with E-state index in [0.29, 0.717) is 0 Å². The van der Waals surface area contributed by atoms with E-state index in [1.54, 1.807) is 6.20 Å². The summed E-state index contributed by atoms with van der Waals surface area (Å²) in [4.78, 5) is 8.57. The Morgan fingerprint density at radius 3 is 2.45 bits per heavy atom. The topological polar surface area (TPSA) is 46.0 Å². The lowest BCUT2D eigenvalue weighted by Gasteiger charge is -2.14. The number of aromatic nitrogens is 2. The second-order valence-electron chi connectivity index (χ2n) is 5.04. The van der Waals surface area contributed by atoms with E-state index < -0.39 is 6.10 Å². The smallest absolute Gasteiger partial charge is 0.106 e. The first-order valence-electron chi connectivity index (χ1n) is 6.61. The minimum Gasteiger partial charge on any atom is -0.384 e. The summed E-state index contributed by atoms with van der Waals surface area (Å²) in [5, 5.41) is 12.7. The summed E-state index contributed by atoms with van der Waals surface area (Å²) in [5.74, 6) is 0. The quantitative estimate of drug-likeness (QED) is 0.772. The van der Waals surface area contributed by atoms with Crippen LogP contribution >= 0.6 is 0 Å². The fourth-order valence-corrected chi connectivity index (χ4v) is 2.56. The summed E-state index contributed by atoms with van der Waals surface area (Å²) in [6.45, 7) is 3.87. The molecule has 1 aromatic carbocycles. The van der Waals surface area contributed by atoms with E-state index in [9.17, 15) is 5.11 Å². The molecule has 2 heterocycles. The number of fused-ring (bicyclic) bond motifs is 1. The highest BCUT2D eigenvalue weighted by Crippen LogP contribution is 2.28. The summed E-state index contributed by atoms with van der Waals surface area (Å²) >= 11 is 0. The van der Waals surface area contributed by atoms with Gasteiger partial charge >= 0.3 is 0 Å². The minimum absolute atomic E-state index is 0.686. The van der Waals surface area contributed by atoms with Gasteiger partial charge in [0.1, 0.15) is 6.10 Å². The third kappa shape index (κ3) is 2.28. The first kappa shape index (κ1) is 12.8. The maximum Gasteiger partial charge on any atom is 0.106 e. The second-order valence-corrected chi connectivity index (χ2v) is 5.04. The van der Waals surface area contributed by atoms with Crippen LogP contribution in [0.3, 0.4) is 0 Å². The van der Waals surface area contributed by atoms with Crippen molar-refractivity contribution in [2.45, 2.75) is 20.0 Å².